The number of anilines is 1. The van der Waals surface area contributed by atoms with Crippen LogP contribution in [0, 0.1) is 0 Å². The number of amides is 2. The SMILES string of the molecule is O=C(NCCc1ccc(NC(=O)c2ccccn2)c(Br)c1)OCCOc1cccc2ccccc12. The first kappa shape index (κ1) is 24.2. The summed E-state index contributed by atoms with van der Waals surface area (Å²) in [5.41, 5.74) is 1.98. The van der Waals surface area contributed by atoms with Gasteiger partial charge in [0.05, 0.1) is 5.69 Å². The van der Waals surface area contributed by atoms with Gasteiger partial charge in [-0.3, -0.25) is 9.78 Å². The summed E-state index contributed by atoms with van der Waals surface area (Å²) in [5.74, 6) is 0.477. The molecular formula is C27H24BrN3O4. The number of benzene rings is 3. The summed E-state index contributed by atoms with van der Waals surface area (Å²) in [6.07, 6.45) is 1.68. The molecule has 2 amide bonds. The van der Waals surface area contributed by atoms with E-state index in [1.165, 1.54) is 0 Å². The van der Waals surface area contributed by atoms with E-state index >= 15 is 0 Å². The standard InChI is InChI=1S/C27H24BrN3O4/c28-22-18-19(11-12-23(22)31-26(32)24-9-3-4-14-29-24)13-15-30-27(33)35-17-16-34-25-10-5-7-20-6-1-2-8-21(20)25/h1-12,14,18H,13,15-17H2,(H,30,33)(H,31,32). The number of fused-ring (bicyclic) bond motifs is 1. The Hall–Kier alpha value is -3.91. The van der Waals surface area contributed by atoms with Gasteiger partial charge in [-0.1, -0.05) is 48.5 Å². The molecule has 7 nitrogen and oxygen atoms in total. The molecule has 0 atom stereocenters. The zero-order chi connectivity index (χ0) is 24.5. The molecule has 0 radical (unpaired) electrons. The monoisotopic (exact) mass is 533 g/mol. The Bertz CT molecular complexity index is 1310. The van der Waals surface area contributed by atoms with E-state index in [9.17, 15) is 9.59 Å². The van der Waals surface area contributed by atoms with Gasteiger partial charge >= 0.3 is 6.09 Å². The first-order chi connectivity index (χ1) is 17.1. The molecule has 0 saturated carbocycles. The number of carbonyl (C=O) groups is 2. The summed E-state index contributed by atoms with van der Waals surface area (Å²) in [6.45, 7) is 0.820. The van der Waals surface area contributed by atoms with Gasteiger partial charge in [-0.15, -0.1) is 0 Å². The highest BCUT2D eigenvalue weighted by Crippen LogP contribution is 2.25. The van der Waals surface area contributed by atoms with Crippen LogP contribution >= 0.6 is 15.9 Å². The Balaban J connectivity index is 1.17. The lowest BCUT2D eigenvalue weighted by molar-refractivity contribution is 0.102. The molecule has 0 bridgehead atoms. The van der Waals surface area contributed by atoms with E-state index in [-0.39, 0.29) is 19.1 Å². The second-order valence-corrected chi connectivity index (χ2v) is 8.48. The quantitative estimate of drug-likeness (QED) is 0.273. The maximum atomic E-state index is 12.3. The summed E-state index contributed by atoms with van der Waals surface area (Å²) >= 11 is 3.48. The van der Waals surface area contributed by atoms with Gasteiger partial charge in [-0.05, 0) is 63.6 Å². The Morgan fingerprint density at radius 2 is 1.74 bits per heavy atom. The molecule has 4 aromatic rings. The van der Waals surface area contributed by atoms with Crippen molar-refractivity contribution in [1.82, 2.24) is 10.3 Å². The molecule has 0 aliphatic heterocycles. The topological polar surface area (TPSA) is 89.6 Å². The third-order valence-electron chi connectivity index (χ3n) is 5.19. The van der Waals surface area contributed by atoms with E-state index in [2.05, 4.69) is 31.5 Å². The molecule has 0 spiro atoms. The first-order valence-corrected chi connectivity index (χ1v) is 11.9. The maximum Gasteiger partial charge on any atom is 0.407 e. The van der Waals surface area contributed by atoms with E-state index < -0.39 is 6.09 Å². The van der Waals surface area contributed by atoms with Crippen molar-refractivity contribution in [1.29, 1.82) is 0 Å². The van der Waals surface area contributed by atoms with Crippen LogP contribution in [0.2, 0.25) is 0 Å². The fourth-order valence-corrected chi connectivity index (χ4v) is 3.99. The van der Waals surface area contributed by atoms with Crippen LogP contribution in [0.15, 0.2) is 89.5 Å². The van der Waals surface area contributed by atoms with E-state index in [0.29, 0.717) is 24.3 Å². The number of aromatic nitrogens is 1. The predicted molar refractivity (Wildman–Crippen MR) is 139 cm³/mol. The van der Waals surface area contributed by atoms with Crippen molar-refractivity contribution in [2.75, 3.05) is 25.1 Å². The smallest absolute Gasteiger partial charge is 0.407 e. The third-order valence-corrected chi connectivity index (χ3v) is 5.84. The van der Waals surface area contributed by atoms with Gasteiger partial charge < -0.3 is 20.1 Å². The van der Waals surface area contributed by atoms with Gasteiger partial charge in [-0.25, -0.2) is 4.79 Å². The zero-order valence-electron chi connectivity index (χ0n) is 18.9. The third kappa shape index (κ3) is 6.80. The van der Waals surface area contributed by atoms with Gasteiger partial charge in [0.15, 0.2) is 0 Å². The molecule has 1 heterocycles. The lowest BCUT2D eigenvalue weighted by Crippen LogP contribution is -2.28. The minimum Gasteiger partial charge on any atom is -0.489 e. The molecular weight excluding hydrogens is 510 g/mol. The maximum absolute atomic E-state index is 12.3. The van der Waals surface area contributed by atoms with Gasteiger partial charge in [0, 0.05) is 22.6 Å². The van der Waals surface area contributed by atoms with Crippen molar-refractivity contribution in [2.45, 2.75) is 6.42 Å². The van der Waals surface area contributed by atoms with Crippen molar-refractivity contribution < 1.29 is 19.1 Å². The molecule has 1 aromatic heterocycles. The van der Waals surface area contributed by atoms with Gasteiger partial charge in [-0.2, -0.15) is 0 Å². The number of pyridine rings is 1. The van der Waals surface area contributed by atoms with Crippen LogP contribution in [0.3, 0.4) is 0 Å². The van der Waals surface area contributed by atoms with Crippen molar-refractivity contribution >= 4 is 44.4 Å². The number of carbonyl (C=O) groups excluding carboxylic acids is 2. The van der Waals surface area contributed by atoms with E-state index in [1.54, 1.807) is 24.4 Å². The van der Waals surface area contributed by atoms with Crippen LogP contribution in [0.1, 0.15) is 16.1 Å². The van der Waals surface area contributed by atoms with Crippen LogP contribution in [0.25, 0.3) is 10.8 Å². The highest BCUT2D eigenvalue weighted by atomic mass is 79.9. The van der Waals surface area contributed by atoms with E-state index in [1.807, 2.05) is 60.7 Å². The minimum absolute atomic E-state index is 0.144. The molecule has 0 unspecified atom stereocenters. The molecule has 2 N–H and O–H groups in total. The average molecular weight is 534 g/mol. The second-order valence-electron chi connectivity index (χ2n) is 7.62. The van der Waals surface area contributed by atoms with Gasteiger partial charge in [0.1, 0.15) is 24.7 Å². The van der Waals surface area contributed by atoms with Gasteiger partial charge in [0.25, 0.3) is 5.91 Å². The van der Waals surface area contributed by atoms with Crippen molar-refractivity contribution in [3.8, 4) is 5.75 Å². The number of alkyl carbamates (subject to hydrolysis) is 1. The van der Waals surface area contributed by atoms with Crippen LogP contribution in [-0.2, 0) is 11.2 Å². The first-order valence-electron chi connectivity index (χ1n) is 11.1. The Morgan fingerprint density at radius 3 is 2.57 bits per heavy atom. The molecule has 0 fully saturated rings. The van der Waals surface area contributed by atoms with Crippen molar-refractivity contribution in [2.24, 2.45) is 0 Å². The molecule has 0 aliphatic carbocycles. The lowest BCUT2D eigenvalue weighted by atomic mass is 10.1. The predicted octanol–water partition coefficient (Wildman–Crippen LogP) is 5.60. The number of ether oxygens (including phenoxy) is 2. The fourth-order valence-electron chi connectivity index (χ4n) is 3.47. The lowest BCUT2D eigenvalue weighted by Gasteiger charge is -2.11. The second kappa shape index (κ2) is 12.0. The Kier molecular flexibility index (Phi) is 8.30. The number of nitrogens with zero attached hydrogens (tertiary/aromatic N) is 1. The molecule has 35 heavy (non-hydrogen) atoms. The van der Waals surface area contributed by atoms with Crippen LogP contribution in [0.4, 0.5) is 10.5 Å². The zero-order valence-corrected chi connectivity index (χ0v) is 20.5. The number of halogens is 1. The molecule has 0 saturated heterocycles. The van der Waals surface area contributed by atoms with Gasteiger partial charge in [0.2, 0.25) is 0 Å². The Morgan fingerprint density at radius 1 is 0.914 bits per heavy atom. The molecule has 8 heteroatoms. The van der Waals surface area contributed by atoms with Crippen LogP contribution < -0.4 is 15.4 Å². The molecule has 4 rings (SSSR count). The molecule has 3 aromatic carbocycles. The number of nitrogens with one attached hydrogen (secondary N) is 2. The summed E-state index contributed by atoms with van der Waals surface area (Å²) in [4.78, 5) is 28.3. The summed E-state index contributed by atoms with van der Waals surface area (Å²) in [5, 5.41) is 7.68. The normalized spacial score (nSPS) is 10.5. The Labute approximate surface area is 211 Å². The summed E-state index contributed by atoms with van der Waals surface area (Å²) in [7, 11) is 0. The number of hydrogen-bond acceptors (Lipinski definition) is 5. The van der Waals surface area contributed by atoms with Crippen molar-refractivity contribution in [3.05, 3.63) is 101 Å². The van der Waals surface area contributed by atoms with Crippen LogP contribution in [0.5, 0.6) is 5.75 Å². The summed E-state index contributed by atoms with van der Waals surface area (Å²) in [6, 6.07) is 24.6. The highest BCUT2D eigenvalue weighted by molar-refractivity contribution is 9.10. The molecule has 0 aliphatic rings. The fraction of sp³-hybridized carbons (Fsp3) is 0.148. The highest BCUT2D eigenvalue weighted by Gasteiger charge is 2.10. The average Bonchev–Trinajstić information content (AvgIpc) is 2.88. The number of rotatable bonds is 9. The van der Waals surface area contributed by atoms with E-state index in [4.69, 9.17) is 9.47 Å². The molecule has 178 valence electrons. The van der Waals surface area contributed by atoms with E-state index in [0.717, 1.165) is 26.6 Å². The van der Waals surface area contributed by atoms with Crippen molar-refractivity contribution in [3.63, 3.8) is 0 Å². The number of hydrogen-bond donors (Lipinski definition) is 2. The summed E-state index contributed by atoms with van der Waals surface area (Å²) < 4.78 is 11.7. The largest absolute Gasteiger partial charge is 0.489 e. The minimum atomic E-state index is -0.496. The van der Waals surface area contributed by atoms with Crippen LogP contribution in [-0.4, -0.2) is 36.7 Å².